The SMILES string of the molecule is Cn1ncc(C(=O)N2CC(F)C2)c1C(=O)Cc1ccc2nc(N3CCOCC3)nn2c1. The molecule has 0 N–H and O–H groups in total. The Morgan fingerprint density at radius 1 is 1.23 bits per heavy atom. The second-order valence-electron chi connectivity index (χ2n) is 7.79. The van der Waals surface area contributed by atoms with Gasteiger partial charge in [0, 0.05) is 32.8 Å². The molecule has 2 saturated heterocycles. The third-order valence-electron chi connectivity index (χ3n) is 5.60. The van der Waals surface area contributed by atoms with Gasteiger partial charge >= 0.3 is 0 Å². The molecule has 0 atom stereocenters. The largest absolute Gasteiger partial charge is 0.378 e. The van der Waals surface area contributed by atoms with Crippen molar-refractivity contribution >= 4 is 23.3 Å². The summed E-state index contributed by atoms with van der Waals surface area (Å²) < 4.78 is 21.6. The van der Waals surface area contributed by atoms with Gasteiger partial charge in [-0.3, -0.25) is 14.3 Å². The van der Waals surface area contributed by atoms with Crippen molar-refractivity contribution in [2.24, 2.45) is 7.05 Å². The number of morpholine rings is 1. The third-order valence-corrected chi connectivity index (χ3v) is 5.60. The zero-order valence-electron chi connectivity index (χ0n) is 17.1. The fourth-order valence-electron chi connectivity index (χ4n) is 3.87. The summed E-state index contributed by atoms with van der Waals surface area (Å²) in [4.78, 5) is 33.6. The number of likely N-dealkylation sites (tertiary alicyclic amines) is 1. The molecule has 5 rings (SSSR count). The molecule has 0 saturated carbocycles. The third kappa shape index (κ3) is 3.65. The summed E-state index contributed by atoms with van der Waals surface area (Å²) in [5.74, 6) is 0.0211. The molecule has 2 aliphatic rings. The van der Waals surface area contributed by atoms with E-state index >= 15 is 0 Å². The van der Waals surface area contributed by atoms with Gasteiger partial charge in [-0.25, -0.2) is 8.91 Å². The van der Waals surface area contributed by atoms with E-state index in [-0.39, 0.29) is 42.5 Å². The lowest BCUT2D eigenvalue weighted by Crippen LogP contribution is -2.51. The van der Waals surface area contributed by atoms with Crippen LogP contribution in [0.5, 0.6) is 0 Å². The molecule has 5 heterocycles. The summed E-state index contributed by atoms with van der Waals surface area (Å²) in [5, 5.41) is 8.61. The summed E-state index contributed by atoms with van der Waals surface area (Å²) in [6.07, 6.45) is 2.21. The summed E-state index contributed by atoms with van der Waals surface area (Å²) >= 11 is 0. The van der Waals surface area contributed by atoms with Crippen LogP contribution in [0, 0.1) is 0 Å². The topological polar surface area (TPSA) is 97.9 Å². The summed E-state index contributed by atoms with van der Waals surface area (Å²) in [7, 11) is 1.62. The lowest BCUT2D eigenvalue weighted by molar-refractivity contribution is 0.0398. The number of aromatic nitrogens is 5. The van der Waals surface area contributed by atoms with Crippen LogP contribution in [0.15, 0.2) is 24.5 Å². The molecular weight excluding hydrogens is 405 g/mol. The number of Topliss-reactive ketones (excluding diaryl/α,β-unsaturated/α-hetero) is 1. The first kappa shape index (κ1) is 19.6. The van der Waals surface area contributed by atoms with E-state index in [1.807, 2.05) is 12.1 Å². The monoisotopic (exact) mass is 427 g/mol. The predicted octanol–water partition coefficient (Wildman–Crippen LogP) is 0.519. The minimum Gasteiger partial charge on any atom is -0.378 e. The van der Waals surface area contributed by atoms with Crippen LogP contribution in [0.3, 0.4) is 0 Å². The number of carbonyl (C=O) groups excluding carboxylic acids is 2. The van der Waals surface area contributed by atoms with Gasteiger partial charge in [-0.15, -0.1) is 5.10 Å². The number of hydrogen-bond acceptors (Lipinski definition) is 7. The van der Waals surface area contributed by atoms with Crippen LogP contribution in [0.2, 0.25) is 0 Å². The predicted molar refractivity (Wildman–Crippen MR) is 108 cm³/mol. The molecule has 2 fully saturated rings. The molecule has 162 valence electrons. The summed E-state index contributed by atoms with van der Waals surface area (Å²) in [6.45, 7) is 2.86. The Kier molecular flexibility index (Phi) is 4.89. The molecule has 3 aromatic rings. The highest BCUT2D eigenvalue weighted by Crippen LogP contribution is 2.20. The van der Waals surface area contributed by atoms with Crippen LogP contribution in [0.4, 0.5) is 10.3 Å². The van der Waals surface area contributed by atoms with Crippen LogP contribution >= 0.6 is 0 Å². The lowest BCUT2D eigenvalue weighted by Gasteiger charge is -2.34. The number of alkyl halides is 1. The maximum atomic E-state index is 13.1. The van der Waals surface area contributed by atoms with Gasteiger partial charge < -0.3 is 14.5 Å². The van der Waals surface area contributed by atoms with E-state index < -0.39 is 6.17 Å². The quantitative estimate of drug-likeness (QED) is 0.548. The average molecular weight is 427 g/mol. The number of hydrogen-bond donors (Lipinski definition) is 0. The number of aryl methyl sites for hydroxylation is 1. The molecular formula is C20H22FN7O3. The highest BCUT2D eigenvalue weighted by molar-refractivity contribution is 6.07. The summed E-state index contributed by atoms with van der Waals surface area (Å²) in [5.41, 5.74) is 1.85. The molecule has 3 aromatic heterocycles. The number of nitrogens with zero attached hydrogens (tertiary/aromatic N) is 7. The standard InChI is InChI=1S/C20H22FN7O3/c1-25-18(15(9-22-25)19(30)27-11-14(21)12-27)16(29)8-13-2-3-17-23-20(24-28(17)10-13)26-4-6-31-7-5-26/h2-3,9-10,14H,4-8,11-12H2,1H3. The van der Waals surface area contributed by atoms with Gasteiger partial charge in [-0.05, 0) is 11.6 Å². The van der Waals surface area contributed by atoms with Crippen molar-refractivity contribution in [3.05, 3.63) is 41.3 Å². The van der Waals surface area contributed by atoms with Crippen molar-refractivity contribution in [2.75, 3.05) is 44.3 Å². The summed E-state index contributed by atoms with van der Waals surface area (Å²) in [6, 6.07) is 3.64. The molecule has 0 aliphatic carbocycles. The zero-order chi connectivity index (χ0) is 21.5. The van der Waals surface area contributed by atoms with Crippen molar-refractivity contribution < 1.29 is 18.7 Å². The van der Waals surface area contributed by atoms with Gasteiger partial charge in [0.25, 0.3) is 5.91 Å². The van der Waals surface area contributed by atoms with Crippen LogP contribution in [-0.2, 0) is 18.2 Å². The second kappa shape index (κ2) is 7.73. The van der Waals surface area contributed by atoms with E-state index in [2.05, 4.69) is 20.1 Å². The molecule has 1 amide bonds. The zero-order valence-corrected chi connectivity index (χ0v) is 17.1. The fraction of sp³-hybridized carbons (Fsp3) is 0.450. The molecule has 11 heteroatoms. The highest BCUT2D eigenvalue weighted by Gasteiger charge is 2.34. The minimum atomic E-state index is -1.00. The Morgan fingerprint density at radius 2 is 2.00 bits per heavy atom. The maximum absolute atomic E-state index is 13.1. The number of rotatable bonds is 5. The lowest BCUT2D eigenvalue weighted by atomic mass is 10.0. The smallest absolute Gasteiger partial charge is 0.258 e. The first-order chi connectivity index (χ1) is 15.0. The number of carbonyl (C=O) groups is 2. The molecule has 0 radical (unpaired) electrons. The van der Waals surface area contributed by atoms with E-state index in [9.17, 15) is 14.0 Å². The van der Waals surface area contributed by atoms with Gasteiger partial charge in [0.15, 0.2) is 11.4 Å². The molecule has 0 bridgehead atoms. The van der Waals surface area contributed by atoms with E-state index in [0.29, 0.717) is 24.8 Å². The Bertz CT molecular complexity index is 1150. The minimum absolute atomic E-state index is 0.0514. The molecule has 31 heavy (non-hydrogen) atoms. The number of amides is 1. The van der Waals surface area contributed by atoms with E-state index in [0.717, 1.165) is 18.7 Å². The average Bonchev–Trinajstić information content (AvgIpc) is 3.35. The first-order valence-electron chi connectivity index (χ1n) is 10.2. The molecule has 0 spiro atoms. The van der Waals surface area contributed by atoms with Crippen LogP contribution in [-0.4, -0.2) is 86.5 Å². The van der Waals surface area contributed by atoms with Gasteiger partial charge in [0.2, 0.25) is 5.95 Å². The maximum Gasteiger partial charge on any atom is 0.258 e. The first-order valence-corrected chi connectivity index (χ1v) is 10.2. The van der Waals surface area contributed by atoms with E-state index in [1.54, 1.807) is 17.8 Å². The highest BCUT2D eigenvalue weighted by atomic mass is 19.1. The van der Waals surface area contributed by atoms with Crippen molar-refractivity contribution in [3.8, 4) is 0 Å². The van der Waals surface area contributed by atoms with Crippen LogP contribution in [0.1, 0.15) is 26.4 Å². The number of fused-ring (bicyclic) bond motifs is 1. The van der Waals surface area contributed by atoms with Crippen molar-refractivity contribution in [2.45, 2.75) is 12.6 Å². The molecule has 0 aromatic carbocycles. The Balaban J connectivity index is 1.36. The Labute approximate surface area is 177 Å². The van der Waals surface area contributed by atoms with Crippen LogP contribution < -0.4 is 4.90 Å². The van der Waals surface area contributed by atoms with Crippen LogP contribution in [0.25, 0.3) is 5.65 Å². The second-order valence-corrected chi connectivity index (χ2v) is 7.79. The number of ether oxygens (including phenoxy) is 1. The normalized spacial score (nSPS) is 17.2. The van der Waals surface area contributed by atoms with E-state index in [1.165, 1.54) is 15.8 Å². The van der Waals surface area contributed by atoms with Crippen molar-refractivity contribution in [3.63, 3.8) is 0 Å². The van der Waals surface area contributed by atoms with E-state index in [4.69, 9.17) is 4.74 Å². The van der Waals surface area contributed by atoms with Gasteiger partial charge in [-0.1, -0.05) is 6.07 Å². The molecule has 2 aliphatic heterocycles. The fourth-order valence-corrected chi connectivity index (χ4v) is 3.87. The number of pyridine rings is 1. The number of halogens is 1. The number of anilines is 1. The Hall–Kier alpha value is -3.34. The van der Waals surface area contributed by atoms with Gasteiger partial charge in [0.1, 0.15) is 11.9 Å². The van der Waals surface area contributed by atoms with Crippen molar-refractivity contribution in [1.82, 2.24) is 29.3 Å². The van der Waals surface area contributed by atoms with Crippen molar-refractivity contribution in [1.29, 1.82) is 0 Å². The molecule has 10 nitrogen and oxygen atoms in total. The Morgan fingerprint density at radius 3 is 2.74 bits per heavy atom. The van der Waals surface area contributed by atoms with Gasteiger partial charge in [0.05, 0.1) is 38.1 Å². The van der Waals surface area contributed by atoms with Gasteiger partial charge in [-0.2, -0.15) is 10.1 Å². The molecule has 0 unspecified atom stereocenters. The number of ketones is 1.